The summed E-state index contributed by atoms with van der Waals surface area (Å²) in [6.45, 7) is 4.11. The van der Waals surface area contributed by atoms with Crippen molar-refractivity contribution in [1.29, 1.82) is 0 Å². The van der Waals surface area contributed by atoms with E-state index in [4.69, 9.17) is 27.4 Å². The third-order valence-electron chi connectivity index (χ3n) is 3.28. The number of hydrogen-bond acceptors (Lipinski definition) is 4. The zero-order valence-electron chi connectivity index (χ0n) is 11.9. The summed E-state index contributed by atoms with van der Waals surface area (Å²) in [5.74, 6) is 1.97. The smallest absolute Gasteiger partial charge is 0.169 e. The molecule has 0 unspecified atom stereocenters. The zero-order chi connectivity index (χ0) is 15.0. The van der Waals surface area contributed by atoms with E-state index in [0.717, 1.165) is 17.7 Å². The van der Waals surface area contributed by atoms with Gasteiger partial charge in [-0.25, -0.2) is 4.98 Å². The fraction of sp³-hybridized carbons (Fsp3) is 0.250. The highest BCUT2D eigenvalue weighted by Gasteiger charge is 2.32. The molecule has 3 rings (SSSR count). The number of nitrogens with zero attached hydrogens (tertiary/aromatic N) is 1. The highest BCUT2D eigenvalue weighted by Crippen LogP contribution is 2.43. The van der Waals surface area contributed by atoms with Gasteiger partial charge in [-0.2, -0.15) is 0 Å². The van der Waals surface area contributed by atoms with E-state index in [1.807, 2.05) is 12.1 Å². The predicted octanol–water partition coefficient (Wildman–Crippen LogP) is 3.22. The number of fused-ring (bicyclic) bond motifs is 1. The number of para-hydroxylation sites is 1. The quantitative estimate of drug-likeness (QED) is 0.882. The van der Waals surface area contributed by atoms with E-state index in [0.29, 0.717) is 17.2 Å². The Labute approximate surface area is 128 Å². The second-order valence-electron chi connectivity index (χ2n) is 5.60. The summed E-state index contributed by atoms with van der Waals surface area (Å²) in [5.41, 5.74) is 7.07. The molecule has 0 atom stereocenters. The van der Waals surface area contributed by atoms with Crippen molar-refractivity contribution >= 4 is 17.2 Å². The monoisotopic (exact) mass is 300 g/mol. The summed E-state index contributed by atoms with van der Waals surface area (Å²) in [6, 6.07) is 9.45. The second kappa shape index (κ2) is 5.00. The van der Waals surface area contributed by atoms with Gasteiger partial charge in [-0.3, -0.25) is 0 Å². The molecule has 0 saturated carbocycles. The lowest BCUT2D eigenvalue weighted by molar-refractivity contribution is 0.135. The molecule has 0 amide bonds. The molecule has 2 N–H and O–H groups in total. The highest BCUT2D eigenvalue weighted by atomic mass is 32.1. The third kappa shape index (κ3) is 2.69. The molecule has 1 aliphatic rings. The minimum Gasteiger partial charge on any atom is -0.483 e. The first kappa shape index (κ1) is 13.8. The van der Waals surface area contributed by atoms with Crippen molar-refractivity contribution in [3.05, 3.63) is 47.8 Å². The number of hydrogen-bond donors (Lipinski definition) is 1. The number of benzene rings is 1. The summed E-state index contributed by atoms with van der Waals surface area (Å²) in [6.07, 6.45) is 2.49. The van der Waals surface area contributed by atoms with Gasteiger partial charge in [-0.15, -0.1) is 0 Å². The van der Waals surface area contributed by atoms with Crippen LogP contribution in [0.4, 0.5) is 0 Å². The molecule has 2 heterocycles. The minimum atomic E-state index is -0.220. The van der Waals surface area contributed by atoms with E-state index in [1.165, 1.54) is 0 Å². The van der Waals surface area contributed by atoms with E-state index in [2.05, 4.69) is 24.9 Å². The van der Waals surface area contributed by atoms with Crippen LogP contribution in [0, 0.1) is 0 Å². The van der Waals surface area contributed by atoms with E-state index < -0.39 is 0 Å². The molecular formula is C16H16N2O2S. The Morgan fingerprint density at radius 1 is 1.29 bits per heavy atom. The van der Waals surface area contributed by atoms with Crippen LogP contribution in [0.2, 0.25) is 0 Å². The number of aromatic nitrogens is 1. The van der Waals surface area contributed by atoms with Gasteiger partial charge in [0.05, 0.1) is 0 Å². The van der Waals surface area contributed by atoms with Crippen LogP contribution in [-0.2, 0) is 6.42 Å². The summed E-state index contributed by atoms with van der Waals surface area (Å²) < 4.78 is 11.9. The number of rotatable bonds is 3. The van der Waals surface area contributed by atoms with Crippen molar-refractivity contribution in [3.63, 3.8) is 0 Å². The molecule has 0 fully saturated rings. The lowest BCUT2D eigenvalue weighted by Gasteiger charge is -2.18. The van der Waals surface area contributed by atoms with Crippen molar-refractivity contribution < 1.29 is 9.47 Å². The number of ether oxygens (including phenoxy) is 2. The zero-order valence-corrected chi connectivity index (χ0v) is 12.7. The van der Waals surface area contributed by atoms with Gasteiger partial charge in [0, 0.05) is 18.2 Å². The number of pyridine rings is 1. The lowest BCUT2D eigenvalue weighted by atomic mass is 10.0. The van der Waals surface area contributed by atoms with Crippen LogP contribution >= 0.6 is 12.2 Å². The summed E-state index contributed by atoms with van der Waals surface area (Å²) in [4.78, 5) is 4.37. The predicted molar refractivity (Wildman–Crippen MR) is 85.1 cm³/mol. The Morgan fingerprint density at radius 2 is 2.05 bits per heavy atom. The van der Waals surface area contributed by atoms with Crippen molar-refractivity contribution in [3.8, 4) is 17.2 Å². The van der Waals surface area contributed by atoms with Gasteiger partial charge in [0.25, 0.3) is 0 Å². The first-order chi connectivity index (χ1) is 9.96. The van der Waals surface area contributed by atoms with Crippen LogP contribution in [0.5, 0.6) is 17.2 Å². The standard InChI is InChI=1S/C16H16N2O2S/c1-16(2)9-10-5-3-6-12(14(10)20-16)19-11-7-4-8-18-13(11)15(17)21/h3-8H,9H2,1-2H3,(H2,17,21). The van der Waals surface area contributed by atoms with Gasteiger partial charge in [0.15, 0.2) is 17.2 Å². The molecule has 0 bridgehead atoms. The SMILES string of the molecule is CC1(C)Cc2cccc(Oc3cccnc3C(N)=S)c2O1. The molecule has 0 radical (unpaired) electrons. The van der Waals surface area contributed by atoms with Crippen molar-refractivity contribution in [1.82, 2.24) is 4.98 Å². The van der Waals surface area contributed by atoms with Crippen LogP contribution in [-0.4, -0.2) is 15.6 Å². The molecule has 108 valence electrons. The maximum absolute atomic E-state index is 5.99. The average Bonchev–Trinajstić information content (AvgIpc) is 2.74. The third-order valence-corrected chi connectivity index (χ3v) is 3.47. The minimum absolute atomic E-state index is 0.208. The lowest BCUT2D eigenvalue weighted by Crippen LogP contribution is -2.24. The molecular weight excluding hydrogens is 284 g/mol. The Bertz CT molecular complexity index is 713. The largest absolute Gasteiger partial charge is 0.483 e. The van der Waals surface area contributed by atoms with E-state index in [1.54, 1.807) is 18.3 Å². The summed E-state index contributed by atoms with van der Waals surface area (Å²) in [7, 11) is 0. The average molecular weight is 300 g/mol. The maximum atomic E-state index is 5.99. The molecule has 0 saturated heterocycles. The molecule has 4 nitrogen and oxygen atoms in total. The fourth-order valence-corrected chi connectivity index (χ4v) is 2.60. The molecule has 0 spiro atoms. The summed E-state index contributed by atoms with van der Waals surface area (Å²) in [5, 5.41) is 0. The van der Waals surface area contributed by atoms with Gasteiger partial charge >= 0.3 is 0 Å². The van der Waals surface area contributed by atoms with Crippen LogP contribution in [0.25, 0.3) is 0 Å². The van der Waals surface area contributed by atoms with Crippen LogP contribution < -0.4 is 15.2 Å². The van der Waals surface area contributed by atoms with Gasteiger partial charge in [0.2, 0.25) is 0 Å². The van der Waals surface area contributed by atoms with Gasteiger partial charge in [-0.05, 0) is 32.0 Å². The van der Waals surface area contributed by atoms with E-state index in [9.17, 15) is 0 Å². The molecule has 2 aromatic rings. The second-order valence-corrected chi connectivity index (χ2v) is 6.04. The van der Waals surface area contributed by atoms with Crippen LogP contribution in [0.1, 0.15) is 25.1 Å². The highest BCUT2D eigenvalue weighted by molar-refractivity contribution is 7.80. The number of thiocarbonyl (C=S) groups is 1. The van der Waals surface area contributed by atoms with Gasteiger partial charge in [0.1, 0.15) is 16.3 Å². The van der Waals surface area contributed by atoms with Gasteiger partial charge in [-0.1, -0.05) is 24.4 Å². The summed E-state index contributed by atoms with van der Waals surface area (Å²) >= 11 is 5.01. The van der Waals surface area contributed by atoms with Crippen LogP contribution in [0.3, 0.4) is 0 Å². The van der Waals surface area contributed by atoms with Gasteiger partial charge < -0.3 is 15.2 Å². The Kier molecular flexibility index (Phi) is 3.29. The molecule has 1 aromatic heterocycles. The van der Waals surface area contributed by atoms with Crippen molar-refractivity contribution in [2.24, 2.45) is 5.73 Å². The Hall–Kier alpha value is -2.14. The van der Waals surface area contributed by atoms with Crippen LogP contribution in [0.15, 0.2) is 36.5 Å². The van der Waals surface area contributed by atoms with Crippen molar-refractivity contribution in [2.45, 2.75) is 25.9 Å². The topological polar surface area (TPSA) is 57.4 Å². The maximum Gasteiger partial charge on any atom is 0.169 e. The Morgan fingerprint density at radius 3 is 2.81 bits per heavy atom. The number of nitrogens with two attached hydrogens (primary N) is 1. The van der Waals surface area contributed by atoms with Crippen molar-refractivity contribution in [2.75, 3.05) is 0 Å². The first-order valence-electron chi connectivity index (χ1n) is 6.70. The fourth-order valence-electron chi connectivity index (χ4n) is 2.44. The molecule has 5 heteroatoms. The Balaban J connectivity index is 1.98. The normalized spacial score (nSPS) is 15.1. The molecule has 1 aliphatic heterocycles. The molecule has 1 aromatic carbocycles. The first-order valence-corrected chi connectivity index (χ1v) is 7.11. The van der Waals surface area contributed by atoms with E-state index in [-0.39, 0.29) is 10.6 Å². The molecule has 21 heavy (non-hydrogen) atoms. The van der Waals surface area contributed by atoms with E-state index >= 15 is 0 Å². The molecule has 0 aliphatic carbocycles.